The van der Waals surface area contributed by atoms with Crippen molar-refractivity contribution >= 4 is 66.2 Å². The number of ether oxygens (including phenoxy) is 2. The molecule has 18 heteroatoms. The average molecular weight is 734 g/mol. The van der Waals surface area contributed by atoms with E-state index in [1.807, 2.05) is 20.8 Å². The molecule has 46 heavy (non-hydrogen) atoms. The SMILES string of the molecule is CCO[Si](CCCNC(=O)CCSCC(C)C(=O)OCCNC(=O)CCSCC(C)C(=O)OCCCS(=O)(=O)[O-])(OCC)OCC. The Balaban J connectivity index is 3.93. The molecule has 0 aromatic rings. The fourth-order valence-electron chi connectivity index (χ4n) is 3.73. The van der Waals surface area contributed by atoms with Crippen LogP contribution in [0.25, 0.3) is 0 Å². The first-order valence-electron chi connectivity index (χ1n) is 15.7. The first-order chi connectivity index (χ1) is 21.8. The van der Waals surface area contributed by atoms with Crippen molar-refractivity contribution in [1.29, 1.82) is 0 Å². The number of amides is 2. The number of thioether (sulfide) groups is 2. The summed E-state index contributed by atoms with van der Waals surface area (Å²) in [5.41, 5.74) is 0. The van der Waals surface area contributed by atoms with Crippen LogP contribution in [0.2, 0.25) is 6.04 Å². The third kappa shape index (κ3) is 23.8. The summed E-state index contributed by atoms with van der Waals surface area (Å²) in [7, 11) is -7.04. The van der Waals surface area contributed by atoms with Crippen molar-refractivity contribution in [2.75, 3.05) is 74.9 Å². The van der Waals surface area contributed by atoms with Gasteiger partial charge >= 0.3 is 20.7 Å². The van der Waals surface area contributed by atoms with Crippen molar-refractivity contribution < 1.29 is 54.9 Å². The second-order valence-electron chi connectivity index (χ2n) is 10.2. The van der Waals surface area contributed by atoms with Crippen LogP contribution in [-0.4, -0.2) is 120 Å². The minimum atomic E-state index is -4.33. The summed E-state index contributed by atoms with van der Waals surface area (Å²) in [6.45, 7) is 11.3. The van der Waals surface area contributed by atoms with Gasteiger partial charge in [0.2, 0.25) is 11.8 Å². The molecule has 0 radical (unpaired) electrons. The van der Waals surface area contributed by atoms with Crippen LogP contribution < -0.4 is 10.6 Å². The molecule has 0 fully saturated rings. The zero-order valence-corrected chi connectivity index (χ0v) is 31.2. The van der Waals surface area contributed by atoms with E-state index < -0.39 is 36.6 Å². The van der Waals surface area contributed by atoms with Crippen LogP contribution in [0.5, 0.6) is 0 Å². The highest BCUT2D eigenvalue weighted by Crippen LogP contribution is 2.18. The normalized spacial score (nSPS) is 13.1. The van der Waals surface area contributed by atoms with Gasteiger partial charge in [-0.15, -0.1) is 0 Å². The molecule has 0 aliphatic heterocycles. The van der Waals surface area contributed by atoms with Crippen molar-refractivity contribution in [3.63, 3.8) is 0 Å². The van der Waals surface area contributed by atoms with Gasteiger partial charge in [0.1, 0.15) is 6.61 Å². The van der Waals surface area contributed by atoms with Crippen molar-refractivity contribution in [2.45, 2.75) is 66.3 Å². The third-order valence-electron chi connectivity index (χ3n) is 6.01. The highest BCUT2D eigenvalue weighted by Gasteiger charge is 2.39. The predicted molar refractivity (Wildman–Crippen MR) is 179 cm³/mol. The van der Waals surface area contributed by atoms with E-state index in [2.05, 4.69) is 10.6 Å². The van der Waals surface area contributed by atoms with Gasteiger partial charge in [-0.3, -0.25) is 19.2 Å². The van der Waals surface area contributed by atoms with Gasteiger partial charge in [-0.25, -0.2) is 8.42 Å². The molecular formula is C28H53N2O12S3Si-. The maximum absolute atomic E-state index is 12.2. The Morgan fingerprint density at radius 3 is 1.65 bits per heavy atom. The van der Waals surface area contributed by atoms with E-state index in [0.29, 0.717) is 68.3 Å². The summed E-state index contributed by atoms with van der Waals surface area (Å²) in [5.74, 6) is -0.542. The Labute approximate surface area is 284 Å². The number of carbonyl (C=O) groups is 4. The Bertz CT molecular complexity index is 974. The van der Waals surface area contributed by atoms with E-state index in [-0.39, 0.29) is 56.3 Å². The van der Waals surface area contributed by atoms with Gasteiger partial charge in [0.25, 0.3) is 0 Å². The van der Waals surface area contributed by atoms with Crippen molar-refractivity contribution in [2.24, 2.45) is 11.8 Å². The van der Waals surface area contributed by atoms with Gasteiger partial charge in [0.05, 0.1) is 35.1 Å². The molecule has 14 nitrogen and oxygen atoms in total. The number of carbonyl (C=O) groups excluding carboxylic acids is 4. The maximum atomic E-state index is 12.2. The molecule has 0 aliphatic rings. The van der Waals surface area contributed by atoms with E-state index in [1.54, 1.807) is 13.8 Å². The predicted octanol–water partition coefficient (Wildman–Crippen LogP) is 2.20. The smallest absolute Gasteiger partial charge is 0.500 e. The third-order valence-corrected chi connectivity index (χ3v) is 12.4. The Kier molecular flexibility index (Phi) is 25.7. The molecule has 2 N–H and O–H groups in total. The van der Waals surface area contributed by atoms with E-state index in [1.165, 1.54) is 23.5 Å². The van der Waals surface area contributed by atoms with Crippen LogP contribution in [-0.2, 0) is 52.0 Å². The van der Waals surface area contributed by atoms with E-state index >= 15 is 0 Å². The van der Waals surface area contributed by atoms with Crippen molar-refractivity contribution in [3.05, 3.63) is 0 Å². The first-order valence-corrected chi connectivity index (χ1v) is 21.5. The van der Waals surface area contributed by atoms with Crippen LogP contribution in [0, 0.1) is 11.8 Å². The summed E-state index contributed by atoms with van der Waals surface area (Å²) in [4.78, 5) is 48.3. The minimum Gasteiger partial charge on any atom is -0.748 e. The highest BCUT2D eigenvalue weighted by molar-refractivity contribution is 7.99. The number of rotatable bonds is 29. The Hall–Kier alpha value is -1.41. The lowest BCUT2D eigenvalue weighted by molar-refractivity contribution is -0.148. The Morgan fingerprint density at radius 2 is 1.20 bits per heavy atom. The summed E-state index contributed by atoms with van der Waals surface area (Å²) in [6, 6.07) is 0.631. The summed E-state index contributed by atoms with van der Waals surface area (Å²) < 4.78 is 59.3. The maximum Gasteiger partial charge on any atom is 0.500 e. The molecule has 0 spiro atoms. The molecule has 0 aromatic heterocycles. The fraction of sp³-hybridized carbons (Fsp3) is 0.857. The van der Waals surface area contributed by atoms with Crippen molar-refractivity contribution in [3.8, 4) is 0 Å². The van der Waals surface area contributed by atoms with Crippen LogP contribution in [0.3, 0.4) is 0 Å². The second-order valence-corrected chi connectivity index (χ2v) is 16.7. The number of esters is 2. The van der Waals surface area contributed by atoms with Gasteiger partial charge in [0.15, 0.2) is 0 Å². The summed E-state index contributed by atoms with van der Waals surface area (Å²) in [6.07, 6.45) is 1.20. The number of hydrogen-bond acceptors (Lipinski definition) is 14. The quantitative estimate of drug-likeness (QED) is 0.0491. The largest absolute Gasteiger partial charge is 0.748 e. The molecule has 0 aromatic carbocycles. The molecule has 0 aliphatic carbocycles. The topological polar surface area (TPSA) is 196 Å². The summed E-state index contributed by atoms with van der Waals surface area (Å²) >= 11 is 2.89. The van der Waals surface area contributed by atoms with E-state index in [4.69, 9.17) is 22.8 Å². The number of hydrogen-bond donors (Lipinski definition) is 2. The molecule has 0 heterocycles. The molecule has 0 rings (SSSR count). The van der Waals surface area contributed by atoms with Crippen LogP contribution in [0.1, 0.15) is 60.3 Å². The van der Waals surface area contributed by atoms with Crippen LogP contribution in [0.4, 0.5) is 0 Å². The Morgan fingerprint density at radius 1 is 0.739 bits per heavy atom. The lowest BCUT2D eigenvalue weighted by atomic mass is 10.2. The lowest BCUT2D eigenvalue weighted by Crippen LogP contribution is -2.46. The van der Waals surface area contributed by atoms with Crippen molar-refractivity contribution in [1.82, 2.24) is 10.6 Å². The van der Waals surface area contributed by atoms with Crippen LogP contribution in [0.15, 0.2) is 0 Å². The van der Waals surface area contributed by atoms with Gasteiger partial charge in [0, 0.05) is 74.0 Å². The lowest BCUT2D eigenvalue weighted by Gasteiger charge is -2.28. The molecule has 0 bridgehead atoms. The molecule has 2 atom stereocenters. The van der Waals surface area contributed by atoms with E-state index in [9.17, 15) is 32.1 Å². The second kappa shape index (κ2) is 26.5. The minimum absolute atomic E-state index is 0.0457. The zero-order valence-electron chi connectivity index (χ0n) is 27.8. The zero-order chi connectivity index (χ0) is 34.8. The molecule has 2 amide bonds. The monoisotopic (exact) mass is 733 g/mol. The van der Waals surface area contributed by atoms with Gasteiger partial charge in [-0.1, -0.05) is 13.8 Å². The summed E-state index contributed by atoms with van der Waals surface area (Å²) in [5, 5.41) is 5.59. The fourth-order valence-corrected chi connectivity index (χ4v) is 8.79. The van der Waals surface area contributed by atoms with Crippen LogP contribution >= 0.6 is 23.5 Å². The molecule has 2 unspecified atom stereocenters. The standard InChI is InChI=1S/C28H54N2O12S3Si/c1-6-40-46(41-7-2,42-8-3)20-9-13-29-25(31)11-17-43-22-24(5)28(34)39-16-14-30-26(32)12-18-44-21-23(4)27(33)38-15-10-19-45(35,36)37/h23-24H,6-22H2,1-5H3,(H,29,31)(H,30,32)(H,35,36,37)/p-1. The van der Waals surface area contributed by atoms with Gasteiger partial charge < -0.3 is 37.9 Å². The number of nitrogens with one attached hydrogen (secondary N) is 2. The molecular weight excluding hydrogens is 681 g/mol. The van der Waals surface area contributed by atoms with Gasteiger partial charge in [-0.05, 0) is 33.6 Å². The molecule has 270 valence electrons. The first kappa shape index (κ1) is 44.6. The molecule has 0 saturated carbocycles. The molecule has 0 saturated heterocycles. The van der Waals surface area contributed by atoms with E-state index in [0.717, 1.165) is 0 Å². The average Bonchev–Trinajstić information content (AvgIpc) is 2.99. The highest BCUT2D eigenvalue weighted by atomic mass is 32.2. The van der Waals surface area contributed by atoms with Gasteiger partial charge in [-0.2, -0.15) is 23.5 Å².